The number of halogens is 1. The van der Waals surface area contributed by atoms with Gasteiger partial charge >= 0.3 is 0 Å². The molecular formula is C15H18FN3. The van der Waals surface area contributed by atoms with Crippen molar-refractivity contribution in [2.45, 2.75) is 26.8 Å². The van der Waals surface area contributed by atoms with Crippen molar-refractivity contribution in [3.05, 3.63) is 47.5 Å². The first kappa shape index (κ1) is 12.4. The van der Waals surface area contributed by atoms with Crippen molar-refractivity contribution in [2.24, 2.45) is 5.41 Å². The molecule has 4 heteroatoms. The van der Waals surface area contributed by atoms with Gasteiger partial charge in [-0.25, -0.2) is 9.07 Å². The third-order valence-electron chi connectivity index (χ3n) is 3.60. The number of para-hydroxylation sites is 1. The van der Waals surface area contributed by atoms with Crippen LogP contribution in [-0.4, -0.2) is 16.3 Å². The molecule has 0 saturated carbocycles. The molecule has 3 nitrogen and oxygen atoms in total. The number of benzene rings is 1. The van der Waals surface area contributed by atoms with E-state index in [0.29, 0.717) is 5.69 Å². The molecule has 0 aliphatic carbocycles. The molecular weight excluding hydrogens is 241 g/mol. The molecule has 0 spiro atoms. The summed E-state index contributed by atoms with van der Waals surface area (Å²) in [7, 11) is 0. The van der Waals surface area contributed by atoms with Gasteiger partial charge in [-0.1, -0.05) is 26.0 Å². The van der Waals surface area contributed by atoms with Crippen LogP contribution in [0, 0.1) is 11.2 Å². The summed E-state index contributed by atoms with van der Waals surface area (Å²) in [5.41, 5.74) is 2.95. The van der Waals surface area contributed by atoms with Crippen LogP contribution < -0.4 is 5.32 Å². The van der Waals surface area contributed by atoms with Crippen molar-refractivity contribution in [2.75, 3.05) is 6.54 Å². The molecule has 1 N–H and O–H groups in total. The average molecular weight is 259 g/mol. The number of fused-ring (bicyclic) bond motifs is 1. The third-order valence-corrected chi connectivity index (χ3v) is 3.60. The highest BCUT2D eigenvalue weighted by molar-refractivity contribution is 5.37. The van der Waals surface area contributed by atoms with Crippen LogP contribution in [0.15, 0.2) is 30.5 Å². The lowest BCUT2D eigenvalue weighted by Crippen LogP contribution is -2.28. The van der Waals surface area contributed by atoms with Crippen molar-refractivity contribution >= 4 is 0 Å². The van der Waals surface area contributed by atoms with E-state index in [1.54, 1.807) is 16.8 Å². The van der Waals surface area contributed by atoms with Crippen LogP contribution in [0.1, 0.15) is 25.1 Å². The molecule has 1 aromatic carbocycles. The van der Waals surface area contributed by atoms with Gasteiger partial charge in [-0.15, -0.1) is 0 Å². The lowest BCUT2D eigenvalue weighted by molar-refractivity contribution is 0.343. The van der Waals surface area contributed by atoms with Gasteiger partial charge in [0.25, 0.3) is 0 Å². The third kappa shape index (κ3) is 2.28. The van der Waals surface area contributed by atoms with Crippen molar-refractivity contribution in [1.29, 1.82) is 0 Å². The van der Waals surface area contributed by atoms with E-state index < -0.39 is 0 Å². The number of hydrogen-bond acceptors (Lipinski definition) is 2. The largest absolute Gasteiger partial charge is 0.312 e. The number of aromatic nitrogens is 2. The highest BCUT2D eigenvalue weighted by Crippen LogP contribution is 2.28. The maximum atomic E-state index is 13.9. The summed E-state index contributed by atoms with van der Waals surface area (Å²) < 4.78 is 15.7. The summed E-state index contributed by atoms with van der Waals surface area (Å²) in [6.07, 6.45) is 2.74. The molecule has 2 aromatic rings. The number of nitrogens with one attached hydrogen (secondary N) is 1. The van der Waals surface area contributed by atoms with Crippen LogP contribution >= 0.6 is 0 Å². The topological polar surface area (TPSA) is 29.9 Å². The van der Waals surface area contributed by atoms with E-state index >= 15 is 0 Å². The first-order valence-corrected chi connectivity index (χ1v) is 6.58. The van der Waals surface area contributed by atoms with E-state index in [9.17, 15) is 4.39 Å². The van der Waals surface area contributed by atoms with E-state index in [-0.39, 0.29) is 11.2 Å². The van der Waals surface area contributed by atoms with Crippen LogP contribution in [0.2, 0.25) is 0 Å². The SMILES string of the molecule is CC1(C)CNCc2cnn(-c3ccccc3F)c2C1. The Morgan fingerprint density at radius 3 is 2.89 bits per heavy atom. The van der Waals surface area contributed by atoms with E-state index in [1.807, 2.05) is 12.3 Å². The van der Waals surface area contributed by atoms with E-state index in [1.165, 1.54) is 6.07 Å². The molecule has 0 bridgehead atoms. The fourth-order valence-electron chi connectivity index (χ4n) is 2.63. The molecule has 3 rings (SSSR count). The Morgan fingerprint density at radius 1 is 1.32 bits per heavy atom. The normalized spacial score (nSPS) is 17.8. The van der Waals surface area contributed by atoms with Crippen LogP contribution in [-0.2, 0) is 13.0 Å². The zero-order valence-corrected chi connectivity index (χ0v) is 11.3. The highest BCUT2D eigenvalue weighted by atomic mass is 19.1. The Hall–Kier alpha value is -1.68. The van der Waals surface area contributed by atoms with Crippen molar-refractivity contribution in [3.8, 4) is 5.69 Å². The van der Waals surface area contributed by atoms with Gasteiger partial charge in [0.2, 0.25) is 0 Å². The Bertz CT molecular complexity index is 601. The van der Waals surface area contributed by atoms with Gasteiger partial charge in [0.1, 0.15) is 11.5 Å². The van der Waals surface area contributed by atoms with Gasteiger partial charge < -0.3 is 5.32 Å². The molecule has 2 heterocycles. The molecule has 19 heavy (non-hydrogen) atoms. The first-order chi connectivity index (χ1) is 9.07. The molecule has 0 radical (unpaired) electrons. The maximum absolute atomic E-state index is 13.9. The second kappa shape index (κ2) is 4.46. The zero-order chi connectivity index (χ0) is 13.5. The standard InChI is InChI=1S/C15H18FN3/c1-15(2)7-14-11(8-17-10-15)9-18-19(14)13-6-4-3-5-12(13)16/h3-6,9,17H,7-8,10H2,1-2H3. The molecule has 0 atom stereocenters. The summed E-state index contributed by atoms with van der Waals surface area (Å²) in [5, 5.41) is 7.80. The lowest BCUT2D eigenvalue weighted by Gasteiger charge is -2.22. The van der Waals surface area contributed by atoms with Crippen LogP contribution in [0.25, 0.3) is 5.69 Å². The summed E-state index contributed by atoms with van der Waals surface area (Å²) in [6, 6.07) is 6.79. The molecule has 1 aliphatic rings. The fraction of sp³-hybridized carbons (Fsp3) is 0.400. The number of hydrogen-bond donors (Lipinski definition) is 1. The number of nitrogens with zero attached hydrogens (tertiary/aromatic N) is 2. The molecule has 1 aliphatic heterocycles. The minimum atomic E-state index is -0.233. The van der Waals surface area contributed by atoms with Gasteiger partial charge in [-0.05, 0) is 24.0 Å². The van der Waals surface area contributed by atoms with Crippen LogP contribution in [0.5, 0.6) is 0 Å². The monoisotopic (exact) mass is 259 g/mol. The number of rotatable bonds is 1. The molecule has 1 aromatic heterocycles. The van der Waals surface area contributed by atoms with E-state index in [0.717, 1.165) is 30.8 Å². The van der Waals surface area contributed by atoms with Crippen LogP contribution in [0.4, 0.5) is 4.39 Å². The van der Waals surface area contributed by atoms with Crippen molar-refractivity contribution < 1.29 is 4.39 Å². The minimum Gasteiger partial charge on any atom is -0.312 e. The van der Waals surface area contributed by atoms with Gasteiger partial charge in [-0.3, -0.25) is 0 Å². The van der Waals surface area contributed by atoms with Gasteiger partial charge in [0, 0.05) is 24.3 Å². The molecule has 100 valence electrons. The summed E-state index contributed by atoms with van der Waals surface area (Å²) in [5.74, 6) is -0.233. The summed E-state index contributed by atoms with van der Waals surface area (Å²) in [4.78, 5) is 0. The average Bonchev–Trinajstić information content (AvgIpc) is 2.65. The Morgan fingerprint density at radius 2 is 2.11 bits per heavy atom. The fourth-order valence-corrected chi connectivity index (χ4v) is 2.63. The van der Waals surface area contributed by atoms with Crippen molar-refractivity contribution in [1.82, 2.24) is 15.1 Å². The lowest BCUT2D eigenvalue weighted by atomic mass is 9.88. The van der Waals surface area contributed by atoms with Crippen molar-refractivity contribution in [3.63, 3.8) is 0 Å². The van der Waals surface area contributed by atoms with E-state index in [4.69, 9.17) is 0 Å². The molecule has 0 saturated heterocycles. The zero-order valence-electron chi connectivity index (χ0n) is 11.3. The summed E-state index contributed by atoms with van der Waals surface area (Å²) >= 11 is 0. The van der Waals surface area contributed by atoms with Gasteiger partial charge in [0.15, 0.2) is 0 Å². The summed E-state index contributed by atoms with van der Waals surface area (Å²) in [6.45, 7) is 6.19. The predicted molar refractivity (Wildman–Crippen MR) is 72.7 cm³/mol. The van der Waals surface area contributed by atoms with E-state index in [2.05, 4.69) is 24.3 Å². The molecule has 0 unspecified atom stereocenters. The molecule has 0 amide bonds. The second-order valence-corrected chi connectivity index (χ2v) is 5.92. The van der Waals surface area contributed by atoms with Gasteiger partial charge in [0.05, 0.1) is 6.20 Å². The first-order valence-electron chi connectivity index (χ1n) is 6.58. The Balaban J connectivity index is 2.11. The highest BCUT2D eigenvalue weighted by Gasteiger charge is 2.26. The van der Waals surface area contributed by atoms with Crippen LogP contribution in [0.3, 0.4) is 0 Å². The smallest absolute Gasteiger partial charge is 0.148 e. The Labute approximate surface area is 112 Å². The maximum Gasteiger partial charge on any atom is 0.148 e. The second-order valence-electron chi connectivity index (χ2n) is 5.92. The molecule has 0 fully saturated rings. The Kier molecular flexibility index (Phi) is 2.90. The van der Waals surface area contributed by atoms with Gasteiger partial charge in [-0.2, -0.15) is 5.10 Å². The predicted octanol–water partition coefficient (Wildman–Crippen LogP) is 2.68. The quantitative estimate of drug-likeness (QED) is 0.853. The minimum absolute atomic E-state index is 0.147.